The molecule has 2 nitrogen and oxygen atoms in total. The molecule has 0 aromatic carbocycles. The van der Waals surface area contributed by atoms with Crippen LogP contribution in [0.15, 0.2) is 11.4 Å². The third-order valence-corrected chi connectivity index (χ3v) is 4.29. The minimum atomic E-state index is 0.318. The highest BCUT2D eigenvalue weighted by Gasteiger charge is 2.22. The van der Waals surface area contributed by atoms with E-state index in [4.69, 9.17) is 27.9 Å². The Labute approximate surface area is 104 Å². The number of morpholine rings is 1. The number of hydrogen-bond acceptors (Lipinski definition) is 3. The zero-order valence-corrected chi connectivity index (χ0v) is 10.6. The molecule has 0 bridgehead atoms. The lowest BCUT2D eigenvalue weighted by molar-refractivity contribution is -0.00257. The van der Waals surface area contributed by atoms with E-state index in [9.17, 15) is 0 Å². The van der Waals surface area contributed by atoms with Gasteiger partial charge in [0.2, 0.25) is 0 Å². The van der Waals surface area contributed by atoms with E-state index in [1.54, 1.807) is 11.3 Å². The van der Waals surface area contributed by atoms with Gasteiger partial charge in [-0.3, -0.25) is 4.90 Å². The molecular weight excluding hydrogens is 253 g/mol. The predicted molar refractivity (Wildman–Crippen MR) is 65.1 cm³/mol. The van der Waals surface area contributed by atoms with E-state index in [1.807, 2.05) is 11.4 Å². The van der Waals surface area contributed by atoms with E-state index in [0.717, 1.165) is 31.3 Å². The van der Waals surface area contributed by atoms with Crippen LogP contribution in [-0.2, 0) is 11.3 Å². The Morgan fingerprint density at radius 2 is 2.47 bits per heavy atom. The van der Waals surface area contributed by atoms with Crippen LogP contribution in [0.4, 0.5) is 0 Å². The number of hydrogen-bond donors (Lipinski definition) is 0. The molecule has 1 unspecified atom stereocenters. The van der Waals surface area contributed by atoms with E-state index >= 15 is 0 Å². The number of rotatable bonds is 3. The van der Waals surface area contributed by atoms with Crippen molar-refractivity contribution in [2.24, 2.45) is 0 Å². The molecule has 2 heterocycles. The molecule has 0 spiro atoms. The number of halogens is 2. The second kappa shape index (κ2) is 5.51. The van der Waals surface area contributed by atoms with Gasteiger partial charge in [-0.1, -0.05) is 11.6 Å². The van der Waals surface area contributed by atoms with Gasteiger partial charge in [-0.2, -0.15) is 0 Å². The molecule has 1 atom stereocenters. The molecule has 5 heteroatoms. The van der Waals surface area contributed by atoms with Gasteiger partial charge in [0.05, 0.1) is 18.2 Å². The SMILES string of the molecule is ClCC1COCCN1Cc1sccc1Cl. The third kappa shape index (κ3) is 2.86. The second-order valence-corrected chi connectivity index (χ2v) is 5.26. The summed E-state index contributed by atoms with van der Waals surface area (Å²) >= 11 is 13.7. The zero-order valence-electron chi connectivity index (χ0n) is 8.29. The van der Waals surface area contributed by atoms with E-state index in [0.29, 0.717) is 11.9 Å². The highest BCUT2D eigenvalue weighted by Crippen LogP contribution is 2.25. The lowest BCUT2D eigenvalue weighted by Gasteiger charge is -2.34. The van der Waals surface area contributed by atoms with Gasteiger partial charge >= 0.3 is 0 Å². The smallest absolute Gasteiger partial charge is 0.0634 e. The quantitative estimate of drug-likeness (QED) is 0.780. The van der Waals surface area contributed by atoms with E-state index < -0.39 is 0 Å². The maximum Gasteiger partial charge on any atom is 0.0634 e. The first kappa shape index (κ1) is 11.7. The average molecular weight is 266 g/mol. The Kier molecular flexibility index (Phi) is 4.29. The van der Waals surface area contributed by atoms with E-state index in [-0.39, 0.29) is 0 Å². The molecule has 0 radical (unpaired) electrons. The topological polar surface area (TPSA) is 12.5 Å². The lowest BCUT2D eigenvalue weighted by atomic mass is 10.2. The van der Waals surface area contributed by atoms with Crippen LogP contribution in [-0.4, -0.2) is 36.6 Å². The van der Waals surface area contributed by atoms with E-state index in [2.05, 4.69) is 4.90 Å². The summed E-state index contributed by atoms with van der Waals surface area (Å²) in [7, 11) is 0. The average Bonchev–Trinajstić information content (AvgIpc) is 2.65. The Bertz CT molecular complexity index is 318. The van der Waals surface area contributed by atoms with Crippen molar-refractivity contribution in [2.45, 2.75) is 12.6 Å². The van der Waals surface area contributed by atoms with Crippen molar-refractivity contribution < 1.29 is 4.74 Å². The molecular formula is C10H13Cl2NOS. The van der Waals surface area contributed by atoms with Crippen molar-refractivity contribution in [3.05, 3.63) is 21.3 Å². The highest BCUT2D eigenvalue weighted by molar-refractivity contribution is 7.10. The Morgan fingerprint density at radius 3 is 3.13 bits per heavy atom. The van der Waals surface area contributed by atoms with Gasteiger partial charge < -0.3 is 4.74 Å². The summed E-state index contributed by atoms with van der Waals surface area (Å²) < 4.78 is 5.40. The van der Waals surface area contributed by atoms with Crippen LogP contribution in [0.25, 0.3) is 0 Å². The molecule has 2 rings (SSSR count). The summed E-state index contributed by atoms with van der Waals surface area (Å²) in [4.78, 5) is 3.56. The van der Waals surface area contributed by atoms with Crippen molar-refractivity contribution in [1.82, 2.24) is 4.90 Å². The van der Waals surface area contributed by atoms with Gasteiger partial charge in [0.15, 0.2) is 0 Å². The largest absolute Gasteiger partial charge is 0.378 e. The highest BCUT2D eigenvalue weighted by atomic mass is 35.5. The first-order valence-electron chi connectivity index (χ1n) is 4.91. The van der Waals surface area contributed by atoms with E-state index in [1.165, 1.54) is 4.88 Å². The standard InChI is InChI=1S/C10H13Cl2NOS/c11-5-8-7-14-3-2-13(8)6-10-9(12)1-4-15-10/h1,4,8H,2-3,5-7H2. The molecule has 0 N–H and O–H groups in total. The minimum Gasteiger partial charge on any atom is -0.378 e. The summed E-state index contributed by atoms with van der Waals surface area (Å²) in [5, 5.41) is 2.88. The fourth-order valence-corrected chi connectivity index (χ4v) is 3.07. The molecule has 0 aliphatic carbocycles. The van der Waals surface area contributed by atoms with Gasteiger partial charge in [0, 0.05) is 29.9 Å². The molecule has 1 aromatic heterocycles. The predicted octanol–water partition coefficient (Wildman–Crippen LogP) is 2.84. The molecule has 0 amide bonds. The molecule has 1 fully saturated rings. The van der Waals surface area contributed by atoms with Crippen molar-refractivity contribution in [3.63, 3.8) is 0 Å². The number of nitrogens with zero attached hydrogens (tertiary/aromatic N) is 1. The Morgan fingerprint density at radius 1 is 1.60 bits per heavy atom. The second-order valence-electron chi connectivity index (χ2n) is 3.55. The van der Waals surface area contributed by atoms with Crippen LogP contribution in [0.5, 0.6) is 0 Å². The molecule has 1 aliphatic heterocycles. The van der Waals surface area contributed by atoms with Crippen LogP contribution in [0.1, 0.15) is 4.88 Å². The lowest BCUT2D eigenvalue weighted by Crippen LogP contribution is -2.45. The van der Waals surface area contributed by atoms with Crippen LogP contribution in [0, 0.1) is 0 Å². The molecule has 1 aliphatic rings. The summed E-state index contributed by atoms with van der Waals surface area (Å²) in [6, 6.07) is 2.26. The molecule has 15 heavy (non-hydrogen) atoms. The van der Waals surface area contributed by atoms with Gasteiger partial charge in [-0.25, -0.2) is 0 Å². The molecule has 1 aromatic rings. The number of alkyl halides is 1. The van der Waals surface area contributed by atoms with Crippen molar-refractivity contribution >= 4 is 34.5 Å². The minimum absolute atomic E-state index is 0.318. The summed E-state index contributed by atoms with van der Waals surface area (Å²) in [6.45, 7) is 3.34. The number of ether oxygens (including phenoxy) is 1. The van der Waals surface area contributed by atoms with Crippen LogP contribution >= 0.6 is 34.5 Å². The number of thiophene rings is 1. The Balaban J connectivity index is 2.00. The van der Waals surface area contributed by atoms with Crippen molar-refractivity contribution in [3.8, 4) is 0 Å². The first-order valence-corrected chi connectivity index (χ1v) is 6.70. The van der Waals surface area contributed by atoms with Gasteiger partial charge in [0.25, 0.3) is 0 Å². The molecule has 1 saturated heterocycles. The molecule has 84 valence electrons. The zero-order chi connectivity index (χ0) is 10.7. The maximum atomic E-state index is 6.07. The maximum absolute atomic E-state index is 6.07. The van der Waals surface area contributed by atoms with Crippen molar-refractivity contribution in [1.29, 1.82) is 0 Å². The van der Waals surface area contributed by atoms with Crippen LogP contribution in [0.2, 0.25) is 5.02 Å². The first-order chi connectivity index (χ1) is 7.31. The van der Waals surface area contributed by atoms with Crippen LogP contribution < -0.4 is 0 Å². The van der Waals surface area contributed by atoms with Crippen LogP contribution in [0.3, 0.4) is 0 Å². The fourth-order valence-electron chi connectivity index (χ4n) is 1.66. The fraction of sp³-hybridized carbons (Fsp3) is 0.600. The van der Waals surface area contributed by atoms with Gasteiger partial charge in [0.1, 0.15) is 0 Å². The molecule has 0 saturated carbocycles. The normalized spacial score (nSPS) is 23.2. The van der Waals surface area contributed by atoms with Gasteiger partial charge in [-0.05, 0) is 11.4 Å². The summed E-state index contributed by atoms with van der Waals surface area (Å²) in [6.07, 6.45) is 0. The van der Waals surface area contributed by atoms with Gasteiger partial charge in [-0.15, -0.1) is 22.9 Å². The Hall–Kier alpha value is 0.200. The summed E-state index contributed by atoms with van der Waals surface area (Å²) in [5.74, 6) is 0.614. The third-order valence-electron chi connectivity index (χ3n) is 2.57. The monoisotopic (exact) mass is 265 g/mol. The van der Waals surface area contributed by atoms with Crippen molar-refractivity contribution in [2.75, 3.05) is 25.6 Å². The summed E-state index contributed by atoms with van der Waals surface area (Å²) in [5.41, 5.74) is 0.